The molecule has 3 aromatic rings. The Kier molecular flexibility index (Phi) is 4.51. The van der Waals surface area contributed by atoms with Crippen LogP contribution in [0.2, 0.25) is 0 Å². The molecule has 0 aliphatic heterocycles. The highest BCUT2D eigenvalue weighted by Gasteiger charge is 2.14. The number of hydrogen-bond acceptors (Lipinski definition) is 5. The van der Waals surface area contributed by atoms with E-state index in [2.05, 4.69) is 25.5 Å². The molecule has 7 heteroatoms. The third kappa shape index (κ3) is 3.40. The van der Waals surface area contributed by atoms with Gasteiger partial charge in [0.1, 0.15) is 11.4 Å². The van der Waals surface area contributed by atoms with Crippen molar-refractivity contribution in [1.82, 2.24) is 20.2 Å². The first kappa shape index (κ1) is 15.7. The second kappa shape index (κ2) is 6.91. The molecule has 0 bridgehead atoms. The Morgan fingerprint density at radius 3 is 2.92 bits per heavy atom. The Morgan fingerprint density at radius 2 is 2.17 bits per heavy atom. The maximum atomic E-state index is 12.5. The molecule has 1 aromatic carbocycles. The van der Waals surface area contributed by atoms with Gasteiger partial charge in [0.2, 0.25) is 5.88 Å². The molecule has 0 unspecified atom stereocenters. The second-order valence-corrected chi connectivity index (χ2v) is 5.07. The maximum absolute atomic E-state index is 12.5. The number of ether oxygens (including phenoxy) is 1. The van der Waals surface area contributed by atoms with Crippen LogP contribution in [0.25, 0.3) is 11.4 Å². The molecule has 0 atom stereocenters. The fourth-order valence-corrected chi connectivity index (χ4v) is 2.22. The van der Waals surface area contributed by atoms with Crippen LogP contribution in [0.1, 0.15) is 23.1 Å². The molecule has 1 amide bonds. The van der Waals surface area contributed by atoms with Gasteiger partial charge < -0.3 is 10.1 Å². The number of hydrogen-bond donors (Lipinski definition) is 2. The van der Waals surface area contributed by atoms with Crippen molar-refractivity contribution < 1.29 is 9.53 Å². The number of nitrogens with zero attached hydrogens (tertiary/aromatic N) is 3. The molecule has 0 fully saturated rings. The monoisotopic (exact) mass is 323 g/mol. The minimum Gasteiger partial charge on any atom is -0.477 e. The Balaban J connectivity index is 1.83. The highest BCUT2D eigenvalue weighted by molar-refractivity contribution is 6.06. The van der Waals surface area contributed by atoms with Crippen LogP contribution in [0.5, 0.6) is 5.88 Å². The number of carbonyl (C=O) groups is 1. The fourth-order valence-electron chi connectivity index (χ4n) is 2.22. The van der Waals surface area contributed by atoms with E-state index in [1.807, 2.05) is 32.0 Å². The van der Waals surface area contributed by atoms with Gasteiger partial charge in [0.25, 0.3) is 5.91 Å². The number of anilines is 1. The Morgan fingerprint density at radius 1 is 1.29 bits per heavy atom. The van der Waals surface area contributed by atoms with Gasteiger partial charge in [-0.05, 0) is 38.1 Å². The van der Waals surface area contributed by atoms with E-state index in [0.717, 1.165) is 11.4 Å². The summed E-state index contributed by atoms with van der Waals surface area (Å²) in [7, 11) is 0. The van der Waals surface area contributed by atoms with Crippen molar-refractivity contribution in [2.75, 3.05) is 11.9 Å². The topological polar surface area (TPSA) is 92.8 Å². The fraction of sp³-hybridized carbons (Fsp3) is 0.176. The number of amides is 1. The van der Waals surface area contributed by atoms with E-state index in [1.165, 1.54) is 0 Å². The Hall–Kier alpha value is -3.22. The summed E-state index contributed by atoms with van der Waals surface area (Å²) >= 11 is 0. The molecule has 2 heterocycles. The summed E-state index contributed by atoms with van der Waals surface area (Å²) < 4.78 is 5.40. The van der Waals surface area contributed by atoms with Crippen molar-refractivity contribution in [3.8, 4) is 17.3 Å². The van der Waals surface area contributed by atoms with Gasteiger partial charge in [-0.15, -0.1) is 0 Å². The van der Waals surface area contributed by atoms with Gasteiger partial charge in [-0.1, -0.05) is 12.1 Å². The second-order valence-electron chi connectivity index (χ2n) is 5.07. The van der Waals surface area contributed by atoms with Crippen LogP contribution in [0.3, 0.4) is 0 Å². The number of pyridine rings is 1. The third-order valence-corrected chi connectivity index (χ3v) is 3.27. The van der Waals surface area contributed by atoms with Crippen molar-refractivity contribution in [2.24, 2.45) is 0 Å². The molecule has 122 valence electrons. The lowest BCUT2D eigenvalue weighted by Crippen LogP contribution is -2.14. The quantitative estimate of drug-likeness (QED) is 0.753. The molecule has 3 rings (SSSR count). The smallest absolute Gasteiger partial charge is 0.261 e. The van der Waals surface area contributed by atoms with E-state index in [0.29, 0.717) is 29.6 Å². The number of aryl methyl sites for hydroxylation is 1. The molecule has 24 heavy (non-hydrogen) atoms. The summed E-state index contributed by atoms with van der Waals surface area (Å²) in [4.78, 5) is 20.9. The number of rotatable bonds is 5. The lowest BCUT2D eigenvalue weighted by atomic mass is 10.2. The normalized spacial score (nSPS) is 10.4. The summed E-state index contributed by atoms with van der Waals surface area (Å²) in [5.74, 6) is 1.35. The number of benzene rings is 1. The lowest BCUT2D eigenvalue weighted by Gasteiger charge is -2.09. The van der Waals surface area contributed by atoms with Gasteiger partial charge in [-0.3, -0.25) is 9.89 Å². The van der Waals surface area contributed by atoms with E-state index in [9.17, 15) is 4.79 Å². The van der Waals surface area contributed by atoms with E-state index in [4.69, 9.17) is 4.74 Å². The summed E-state index contributed by atoms with van der Waals surface area (Å²) in [5.41, 5.74) is 1.85. The summed E-state index contributed by atoms with van der Waals surface area (Å²) in [5, 5.41) is 9.77. The van der Waals surface area contributed by atoms with Gasteiger partial charge >= 0.3 is 0 Å². The van der Waals surface area contributed by atoms with Crippen molar-refractivity contribution in [2.45, 2.75) is 13.8 Å². The Bertz CT molecular complexity index is 859. The molecule has 2 N–H and O–H groups in total. The molecular formula is C17H17N5O2. The minimum atomic E-state index is -0.283. The van der Waals surface area contributed by atoms with Crippen molar-refractivity contribution in [1.29, 1.82) is 0 Å². The number of aromatic nitrogens is 4. The average molecular weight is 323 g/mol. The van der Waals surface area contributed by atoms with E-state index < -0.39 is 0 Å². The van der Waals surface area contributed by atoms with Crippen LogP contribution in [0, 0.1) is 6.92 Å². The van der Waals surface area contributed by atoms with Crippen molar-refractivity contribution in [3.05, 3.63) is 54.0 Å². The molecule has 0 aliphatic rings. The summed E-state index contributed by atoms with van der Waals surface area (Å²) in [6.07, 6.45) is 1.59. The van der Waals surface area contributed by atoms with Crippen molar-refractivity contribution >= 4 is 11.6 Å². The summed E-state index contributed by atoms with van der Waals surface area (Å²) in [6, 6.07) is 10.7. The highest BCUT2D eigenvalue weighted by atomic mass is 16.5. The van der Waals surface area contributed by atoms with Gasteiger partial charge in [0.15, 0.2) is 5.82 Å². The summed E-state index contributed by atoms with van der Waals surface area (Å²) in [6.45, 7) is 4.12. The zero-order valence-corrected chi connectivity index (χ0v) is 13.4. The molecule has 0 saturated heterocycles. The molecule has 0 spiro atoms. The standard InChI is InChI=1S/C17H17N5O2/c1-3-24-17-14(8-5-9-18-17)16(23)20-13-7-4-6-12(10-13)15-19-11(2)21-22-15/h4-10H,3H2,1-2H3,(H,20,23)(H,19,21,22). The lowest BCUT2D eigenvalue weighted by molar-refractivity contribution is 0.102. The SMILES string of the molecule is CCOc1ncccc1C(=O)Nc1cccc(-c2n[nH]c(C)n2)c1. The van der Waals surface area contributed by atoms with Crippen LogP contribution in [0.4, 0.5) is 5.69 Å². The van der Waals surface area contributed by atoms with Gasteiger partial charge in [-0.2, -0.15) is 5.10 Å². The maximum Gasteiger partial charge on any atom is 0.261 e. The highest BCUT2D eigenvalue weighted by Crippen LogP contribution is 2.21. The molecule has 2 aromatic heterocycles. The van der Waals surface area contributed by atoms with Crippen LogP contribution in [0.15, 0.2) is 42.6 Å². The zero-order valence-electron chi connectivity index (χ0n) is 13.4. The van der Waals surface area contributed by atoms with Crippen LogP contribution < -0.4 is 10.1 Å². The van der Waals surface area contributed by atoms with Crippen LogP contribution >= 0.6 is 0 Å². The first-order valence-electron chi connectivity index (χ1n) is 7.56. The molecule has 0 radical (unpaired) electrons. The van der Waals surface area contributed by atoms with E-state index >= 15 is 0 Å². The number of aromatic amines is 1. The Labute approximate surface area is 139 Å². The average Bonchev–Trinajstić information content (AvgIpc) is 3.02. The van der Waals surface area contributed by atoms with E-state index in [1.54, 1.807) is 24.4 Å². The largest absolute Gasteiger partial charge is 0.477 e. The van der Waals surface area contributed by atoms with Crippen molar-refractivity contribution in [3.63, 3.8) is 0 Å². The zero-order chi connectivity index (χ0) is 16.9. The van der Waals surface area contributed by atoms with Gasteiger partial charge in [0, 0.05) is 17.4 Å². The van der Waals surface area contributed by atoms with E-state index in [-0.39, 0.29) is 5.91 Å². The first-order chi connectivity index (χ1) is 11.7. The number of carbonyl (C=O) groups excluding carboxylic acids is 1. The minimum absolute atomic E-state index is 0.283. The molecule has 0 saturated carbocycles. The predicted molar refractivity (Wildman–Crippen MR) is 89.9 cm³/mol. The molecule has 0 aliphatic carbocycles. The molecule has 7 nitrogen and oxygen atoms in total. The third-order valence-electron chi connectivity index (χ3n) is 3.27. The first-order valence-corrected chi connectivity index (χ1v) is 7.56. The van der Waals surface area contributed by atoms with Gasteiger partial charge in [-0.25, -0.2) is 9.97 Å². The predicted octanol–water partition coefficient (Wildman–Crippen LogP) is 2.83. The van der Waals surface area contributed by atoms with Crippen LogP contribution in [-0.4, -0.2) is 32.7 Å². The van der Waals surface area contributed by atoms with Crippen LogP contribution in [-0.2, 0) is 0 Å². The number of nitrogens with one attached hydrogen (secondary N) is 2. The molecular weight excluding hydrogens is 306 g/mol. The number of H-pyrrole nitrogens is 1. The van der Waals surface area contributed by atoms with Gasteiger partial charge in [0.05, 0.1) is 6.61 Å².